The van der Waals surface area contributed by atoms with Gasteiger partial charge in [-0.05, 0) is 26.0 Å². The normalized spacial score (nSPS) is 10.7. The SMILES string of the molecule is CCn1nc(C)cc1COc1c(F)cccc1CO. The lowest BCUT2D eigenvalue weighted by molar-refractivity contribution is 0.246. The number of hydrogen-bond acceptors (Lipinski definition) is 3. The summed E-state index contributed by atoms with van der Waals surface area (Å²) in [7, 11) is 0. The van der Waals surface area contributed by atoms with Crippen LogP contribution in [0, 0.1) is 12.7 Å². The summed E-state index contributed by atoms with van der Waals surface area (Å²) in [4.78, 5) is 0. The summed E-state index contributed by atoms with van der Waals surface area (Å²) < 4.78 is 21.0. The molecule has 0 saturated heterocycles. The van der Waals surface area contributed by atoms with Crippen LogP contribution in [-0.4, -0.2) is 14.9 Å². The second kappa shape index (κ2) is 5.84. The second-order valence-electron chi connectivity index (χ2n) is 4.27. The summed E-state index contributed by atoms with van der Waals surface area (Å²) in [5.74, 6) is -0.364. The highest BCUT2D eigenvalue weighted by Crippen LogP contribution is 2.23. The van der Waals surface area contributed by atoms with Gasteiger partial charge in [0, 0.05) is 12.1 Å². The van der Waals surface area contributed by atoms with E-state index in [1.54, 1.807) is 12.1 Å². The fourth-order valence-electron chi connectivity index (χ4n) is 1.97. The number of ether oxygens (including phenoxy) is 1. The van der Waals surface area contributed by atoms with Gasteiger partial charge in [-0.2, -0.15) is 5.10 Å². The van der Waals surface area contributed by atoms with Gasteiger partial charge in [-0.15, -0.1) is 0 Å². The molecule has 0 fully saturated rings. The summed E-state index contributed by atoms with van der Waals surface area (Å²) in [5.41, 5.74) is 2.22. The Hall–Kier alpha value is -1.88. The van der Waals surface area contributed by atoms with Crippen LogP contribution < -0.4 is 4.74 Å². The molecule has 19 heavy (non-hydrogen) atoms. The Morgan fingerprint density at radius 1 is 1.42 bits per heavy atom. The molecule has 0 atom stereocenters. The first kappa shape index (κ1) is 13.5. The van der Waals surface area contributed by atoms with Crippen molar-refractivity contribution in [1.29, 1.82) is 0 Å². The highest BCUT2D eigenvalue weighted by molar-refractivity contribution is 5.34. The molecule has 0 bridgehead atoms. The highest BCUT2D eigenvalue weighted by Gasteiger charge is 2.11. The molecule has 5 heteroatoms. The standard InChI is InChI=1S/C14H17FN2O2/c1-3-17-12(7-10(2)16-17)9-19-14-11(8-18)5-4-6-13(14)15/h4-7,18H,3,8-9H2,1-2H3. The predicted molar refractivity (Wildman–Crippen MR) is 69.3 cm³/mol. The van der Waals surface area contributed by atoms with Crippen molar-refractivity contribution < 1.29 is 14.2 Å². The van der Waals surface area contributed by atoms with E-state index in [2.05, 4.69) is 5.10 Å². The third-order valence-electron chi connectivity index (χ3n) is 2.87. The maximum atomic E-state index is 13.7. The van der Waals surface area contributed by atoms with Crippen LogP contribution in [0.2, 0.25) is 0 Å². The number of halogens is 1. The Morgan fingerprint density at radius 2 is 2.21 bits per heavy atom. The predicted octanol–water partition coefficient (Wildman–Crippen LogP) is 2.42. The van der Waals surface area contributed by atoms with Gasteiger partial charge in [0.25, 0.3) is 0 Å². The number of benzene rings is 1. The van der Waals surface area contributed by atoms with E-state index in [4.69, 9.17) is 4.74 Å². The van der Waals surface area contributed by atoms with Crippen LogP contribution in [0.5, 0.6) is 5.75 Å². The molecule has 1 aromatic carbocycles. The molecule has 0 radical (unpaired) electrons. The molecular weight excluding hydrogens is 247 g/mol. The lowest BCUT2D eigenvalue weighted by Crippen LogP contribution is -2.07. The van der Waals surface area contributed by atoms with Crippen LogP contribution in [0.1, 0.15) is 23.9 Å². The fourth-order valence-corrected chi connectivity index (χ4v) is 1.97. The Balaban J connectivity index is 2.18. The number of aliphatic hydroxyl groups is 1. The summed E-state index contributed by atoms with van der Waals surface area (Å²) in [6, 6.07) is 6.41. The van der Waals surface area contributed by atoms with Gasteiger partial charge in [-0.25, -0.2) is 4.39 Å². The summed E-state index contributed by atoms with van der Waals surface area (Å²) in [6.45, 7) is 4.59. The topological polar surface area (TPSA) is 47.3 Å². The molecule has 2 aromatic rings. The van der Waals surface area contributed by atoms with Crippen molar-refractivity contribution in [3.8, 4) is 5.75 Å². The van der Waals surface area contributed by atoms with E-state index >= 15 is 0 Å². The van der Waals surface area contributed by atoms with Crippen molar-refractivity contribution in [2.24, 2.45) is 0 Å². The van der Waals surface area contributed by atoms with Gasteiger partial charge in [0.15, 0.2) is 11.6 Å². The quantitative estimate of drug-likeness (QED) is 0.902. The number of aromatic nitrogens is 2. The first-order valence-corrected chi connectivity index (χ1v) is 6.20. The van der Waals surface area contributed by atoms with Gasteiger partial charge in [-0.3, -0.25) is 4.68 Å². The Bertz CT molecular complexity index is 567. The summed E-state index contributed by atoms with van der Waals surface area (Å²) in [6.07, 6.45) is 0. The lowest BCUT2D eigenvalue weighted by atomic mass is 10.2. The van der Waals surface area contributed by atoms with Gasteiger partial charge in [0.05, 0.1) is 18.0 Å². The van der Waals surface area contributed by atoms with E-state index in [1.165, 1.54) is 6.07 Å². The number of hydrogen-bond donors (Lipinski definition) is 1. The van der Waals surface area contributed by atoms with Gasteiger partial charge >= 0.3 is 0 Å². The molecule has 0 aliphatic heterocycles. The zero-order chi connectivity index (χ0) is 13.8. The molecule has 102 valence electrons. The van der Waals surface area contributed by atoms with E-state index in [9.17, 15) is 9.50 Å². The largest absolute Gasteiger partial charge is 0.484 e. The number of aliphatic hydroxyl groups excluding tert-OH is 1. The smallest absolute Gasteiger partial charge is 0.165 e. The Labute approximate surface area is 111 Å². The third-order valence-corrected chi connectivity index (χ3v) is 2.87. The Kier molecular flexibility index (Phi) is 4.16. The number of para-hydroxylation sites is 1. The zero-order valence-electron chi connectivity index (χ0n) is 11.1. The van der Waals surface area contributed by atoms with Crippen molar-refractivity contribution in [1.82, 2.24) is 9.78 Å². The van der Waals surface area contributed by atoms with Gasteiger partial charge in [0.2, 0.25) is 0 Å². The maximum absolute atomic E-state index is 13.7. The van der Waals surface area contributed by atoms with Crippen LogP contribution in [0.3, 0.4) is 0 Å². The molecule has 1 heterocycles. The first-order chi connectivity index (χ1) is 9.15. The highest BCUT2D eigenvalue weighted by atomic mass is 19.1. The average Bonchev–Trinajstić information content (AvgIpc) is 2.77. The van der Waals surface area contributed by atoms with Gasteiger partial charge in [0.1, 0.15) is 6.61 Å². The molecule has 0 unspecified atom stereocenters. The fraction of sp³-hybridized carbons (Fsp3) is 0.357. The van der Waals surface area contributed by atoms with Crippen LogP contribution in [-0.2, 0) is 19.8 Å². The Morgan fingerprint density at radius 3 is 2.89 bits per heavy atom. The van der Waals surface area contributed by atoms with Gasteiger partial charge in [-0.1, -0.05) is 12.1 Å². The average molecular weight is 264 g/mol. The van der Waals surface area contributed by atoms with Gasteiger partial charge < -0.3 is 9.84 Å². The molecule has 2 rings (SSSR count). The molecule has 0 spiro atoms. The number of aryl methyl sites for hydroxylation is 2. The molecule has 0 amide bonds. The molecule has 1 N–H and O–H groups in total. The van der Waals surface area contributed by atoms with Crippen LogP contribution in [0.25, 0.3) is 0 Å². The van der Waals surface area contributed by atoms with Crippen LogP contribution >= 0.6 is 0 Å². The molecular formula is C14H17FN2O2. The van der Waals surface area contributed by atoms with Crippen LogP contribution in [0.4, 0.5) is 4.39 Å². The van der Waals surface area contributed by atoms with E-state index in [0.717, 1.165) is 17.9 Å². The summed E-state index contributed by atoms with van der Waals surface area (Å²) in [5, 5.41) is 13.5. The van der Waals surface area contributed by atoms with Crippen LogP contribution in [0.15, 0.2) is 24.3 Å². The minimum Gasteiger partial charge on any atom is -0.484 e. The van der Waals surface area contributed by atoms with E-state index in [0.29, 0.717) is 5.56 Å². The number of rotatable bonds is 5. The second-order valence-corrected chi connectivity index (χ2v) is 4.27. The lowest BCUT2D eigenvalue weighted by Gasteiger charge is -2.11. The maximum Gasteiger partial charge on any atom is 0.165 e. The summed E-state index contributed by atoms with van der Waals surface area (Å²) >= 11 is 0. The molecule has 0 aliphatic rings. The van der Waals surface area contributed by atoms with Crippen molar-refractivity contribution >= 4 is 0 Å². The van der Waals surface area contributed by atoms with Crippen molar-refractivity contribution in [3.63, 3.8) is 0 Å². The monoisotopic (exact) mass is 264 g/mol. The molecule has 1 aromatic heterocycles. The van der Waals surface area contributed by atoms with E-state index < -0.39 is 5.82 Å². The molecule has 0 aliphatic carbocycles. The first-order valence-electron chi connectivity index (χ1n) is 6.20. The molecule has 4 nitrogen and oxygen atoms in total. The molecule has 0 saturated carbocycles. The third kappa shape index (κ3) is 2.93. The van der Waals surface area contributed by atoms with E-state index in [1.807, 2.05) is 24.6 Å². The minimum absolute atomic E-state index is 0.103. The zero-order valence-corrected chi connectivity index (χ0v) is 11.1. The number of nitrogens with zero attached hydrogens (tertiary/aromatic N) is 2. The van der Waals surface area contributed by atoms with Crippen molar-refractivity contribution in [3.05, 3.63) is 47.0 Å². The van der Waals surface area contributed by atoms with Crippen molar-refractivity contribution in [2.75, 3.05) is 0 Å². The van der Waals surface area contributed by atoms with E-state index in [-0.39, 0.29) is 19.0 Å². The van der Waals surface area contributed by atoms with Crippen molar-refractivity contribution in [2.45, 2.75) is 33.6 Å². The minimum atomic E-state index is -0.467.